The van der Waals surface area contributed by atoms with Gasteiger partial charge in [-0.3, -0.25) is 4.79 Å². The van der Waals surface area contributed by atoms with E-state index in [9.17, 15) is 18.0 Å². The molecule has 0 aliphatic carbocycles. The summed E-state index contributed by atoms with van der Waals surface area (Å²) in [5, 5.41) is 0. The predicted octanol–water partition coefficient (Wildman–Crippen LogP) is 4.91. The van der Waals surface area contributed by atoms with Crippen LogP contribution in [-0.4, -0.2) is 18.2 Å². The van der Waals surface area contributed by atoms with Crippen molar-refractivity contribution >= 4 is 11.5 Å². The minimum absolute atomic E-state index is 0.0533. The van der Waals surface area contributed by atoms with Crippen LogP contribution >= 0.6 is 0 Å². The van der Waals surface area contributed by atoms with Crippen LogP contribution in [0.3, 0.4) is 0 Å². The van der Waals surface area contributed by atoms with Crippen LogP contribution in [0.2, 0.25) is 0 Å². The van der Waals surface area contributed by atoms with Crippen molar-refractivity contribution in [3.8, 4) is 0 Å². The van der Waals surface area contributed by atoms with E-state index in [0.29, 0.717) is 12.0 Å². The Hall–Kier alpha value is -2.00. The second kappa shape index (κ2) is 8.44. The monoisotopic (exact) mass is 312 g/mol. The van der Waals surface area contributed by atoms with Crippen LogP contribution in [0.4, 0.5) is 13.2 Å². The van der Waals surface area contributed by atoms with Gasteiger partial charge in [-0.2, -0.15) is 13.2 Å². The lowest BCUT2D eigenvalue weighted by molar-refractivity contribution is -0.143. The summed E-state index contributed by atoms with van der Waals surface area (Å²) in [5.74, 6) is -0.525. The predicted molar refractivity (Wildman–Crippen MR) is 79.1 cm³/mol. The molecule has 0 N–H and O–H groups in total. The fraction of sp³-hybridized carbons (Fsp3) is 0.412. The van der Waals surface area contributed by atoms with Gasteiger partial charge >= 0.3 is 12.1 Å². The van der Waals surface area contributed by atoms with Crippen molar-refractivity contribution in [2.45, 2.75) is 45.4 Å². The first-order valence-corrected chi connectivity index (χ1v) is 7.10. The molecule has 0 fully saturated rings. The number of alkyl halides is 3. The highest BCUT2D eigenvalue weighted by molar-refractivity contribution is 5.73. The van der Waals surface area contributed by atoms with E-state index in [1.165, 1.54) is 6.92 Å². The van der Waals surface area contributed by atoms with Crippen molar-refractivity contribution in [1.29, 1.82) is 0 Å². The molecule has 1 aromatic rings. The Kier molecular flexibility index (Phi) is 6.93. The number of ether oxygens (including phenoxy) is 1. The van der Waals surface area contributed by atoms with Gasteiger partial charge in [0.15, 0.2) is 0 Å². The molecule has 0 saturated heterocycles. The summed E-state index contributed by atoms with van der Waals surface area (Å²) >= 11 is 0. The van der Waals surface area contributed by atoms with E-state index in [1.54, 1.807) is 30.3 Å². The first-order chi connectivity index (χ1) is 10.3. The Bertz CT molecular complexity index is 541. The topological polar surface area (TPSA) is 26.3 Å². The molecular formula is C17H19F3O2. The maximum Gasteiger partial charge on any atom is 0.416 e. The Labute approximate surface area is 128 Å². The standard InChI is InChI=1S/C17H19F3O2/c1-3-4-10-16(22-13(2)21)15(11-12-17(18,19)20)14-8-6-5-7-9-14/h5-9,12,16H,3-4,10H2,1-2H3. The minimum Gasteiger partial charge on any atom is -0.457 e. The van der Waals surface area contributed by atoms with E-state index in [4.69, 9.17) is 4.74 Å². The van der Waals surface area contributed by atoms with Gasteiger partial charge in [-0.05, 0) is 18.4 Å². The summed E-state index contributed by atoms with van der Waals surface area (Å²) in [5.41, 5.74) is 3.08. The van der Waals surface area contributed by atoms with Crippen molar-refractivity contribution < 1.29 is 22.7 Å². The lowest BCUT2D eigenvalue weighted by atomic mass is 9.97. The van der Waals surface area contributed by atoms with Gasteiger partial charge < -0.3 is 4.74 Å². The smallest absolute Gasteiger partial charge is 0.416 e. The average molecular weight is 312 g/mol. The van der Waals surface area contributed by atoms with Crippen molar-refractivity contribution in [1.82, 2.24) is 0 Å². The third-order valence-electron chi connectivity index (χ3n) is 2.93. The van der Waals surface area contributed by atoms with Gasteiger partial charge in [0.2, 0.25) is 0 Å². The third-order valence-corrected chi connectivity index (χ3v) is 2.93. The van der Waals surface area contributed by atoms with E-state index < -0.39 is 18.2 Å². The number of carbonyl (C=O) groups excluding carboxylic acids is 1. The van der Waals surface area contributed by atoms with Crippen LogP contribution in [0.15, 0.2) is 42.1 Å². The summed E-state index contributed by atoms with van der Waals surface area (Å²) < 4.78 is 42.6. The molecule has 1 unspecified atom stereocenters. The molecule has 2 nitrogen and oxygen atoms in total. The lowest BCUT2D eigenvalue weighted by Crippen LogP contribution is -2.18. The highest BCUT2D eigenvalue weighted by Crippen LogP contribution is 2.25. The van der Waals surface area contributed by atoms with Crippen molar-refractivity contribution in [3.63, 3.8) is 0 Å². The zero-order valence-electron chi connectivity index (χ0n) is 12.6. The van der Waals surface area contributed by atoms with Gasteiger partial charge in [0, 0.05) is 12.5 Å². The van der Waals surface area contributed by atoms with E-state index >= 15 is 0 Å². The zero-order valence-corrected chi connectivity index (χ0v) is 12.6. The first-order valence-electron chi connectivity index (χ1n) is 7.10. The first kappa shape index (κ1) is 18.1. The van der Waals surface area contributed by atoms with E-state index in [-0.39, 0.29) is 11.6 Å². The molecule has 5 heteroatoms. The summed E-state index contributed by atoms with van der Waals surface area (Å²) in [7, 11) is 0. The summed E-state index contributed by atoms with van der Waals surface area (Å²) in [6.07, 6.45) is -3.11. The second-order valence-corrected chi connectivity index (χ2v) is 4.85. The van der Waals surface area contributed by atoms with Gasteiger partial charge in [0.25, 0.3) is 0 Å². The molecule has 0 aliphatic rings. The minimum atomic E-state index is -4.47. The van der Waals surface area contributed by atoms with Gasteiger partial charge in [0.1, 0.15) is 6.10 Å². The SMILES string of the molecule is CCCCC(OC(C)=O)C(=C=CC(F)(F)F)c1ccccc1. The number of hydrogen-bond donors (Lipinski definition) is 0. The Balaban J connectivity index is 3.27. The van der Waals surface area contributed by atoms with Crippen LogP contribution in [0.1, 0.15) is 38.7 Å². The molecule has 0 aliphatic heterocycles. The van der Waals surface area contributed by atoms with Crippen LogP contribution in [0, 0.1) is 0 Å². The van der Waals surface area contributed by atoms with Crippen molar-refractivity contribution in [2.75, 3.05) is 0 Å². The molecule has 1 atom stereocenters. The fourth-order valence-corrected chi connectivity index (χ4v) is 1.99. The third kappa shape index (κ3) is 6.64. The van der Waals surface area contributed by atoms with Gasteiger partial charge in [0.05, 0.1) is 6.08 Å². The van der Waals surface area contributed by atoms with Crippen molar-refractivity contribution in [3.05, 3.63) is 47.7 Å². The molecule has 0 spiro atoms. The van der Waals surface area contributed by atoms with Gasteiger partial charge in [-0.15, -0.1) is 5.73 Å². The molecule has 0 bridgehead atoms. The number of unbranched alkanes of at least 4 members (excludes halogenated alkanes) is 1. The number of rotatable bonds is 6. The number of esters is 1. The lowest BCUT2D eigenvalue weighted by Gasteiger charge is -2.19. The molecule has 0 radical (unpaired) electrons. The highest BCUT2D eigenvalue weighted by atomic mass is 19.4. The number of carbonyl (C=O) groups is 1. The molecule has 0 aromatic heterocycles. The molecule has 22 heavy (non-hydrogen) atoms. The van der Waals surface area contributed by atoms with Crippen LogP contribution in [-0.2, 0) is 9.53 Å². The van der Waals surface area contributed by atoms with Crippen LogP contribution < -0.4 is 0 Å². The number of benzene rings is 1. The number of halogens is 3. The molecule has 1 aromatic carbocycles. The molecule has 120 valence electrons. The highest BCUT2D eigenvalue weighted by Gasteiger charge is 2.24. The van der Waals surface area contributed by atoms with E-state index in [2.05, 4.69) is 5.73 Å². The normalized spacial score (nSPS) is 12.2. The molecular weight excluding hydrogens is 293 g/mol. The summed E-state index contributed by atoms with van der Waals surface area (Å²) in [6, 6.07) is 8.55. The maximum absolute atomic E-state index is 12.5. The summed E-state index contributed by atoms with van der Waals surface area (Å²) in [4.78, 5) is 11.3. The zero-order chi connectivity index (χ0) is 16.6. The maximum atomic E-state index is 12.5. The van der Waals surface area contributed by atoms with Gasteiger partial charge in [-0.25, -0.2) is 0 Å². The Morgan fingerprint density at radius 2 is 1.95 bits per heavy atom. The average Bonchev–Trinajstić information content (AvgIpc) is 2.44. The van der Waals surface area contributed by atoms with E-state index in [0.717, 1.165) is 12.8 Å². The molecule has 0 saturated carbocycles. The fourth-order valence-electron chi connectivity index (χ4n) is 1.99. The van der Waals surface area contributed by atoms with Crippen LogP contribution in [0.25, 0.3) is 5.57 Å². The summed E-state index contributed by atoms with van der Waals surface area (Å²) in [6.45, 7) is 3.21. The Morgan fingerprint density at radius 3 is 2.45 bits per heavy atom. The van der Waals surface area contributed by atoms with Crippen molar-refractivity contribution in [2.24, 2.45) is 0 Å². The second-order valence-electron chi connectivity index (χ2n) is 4.85. The Morgan fingerprint density at radius 1 is 1.32 bits per heavy atom. The number of hydrogen-bond acceptors (Lipinski definition) is 2. The molecule has 0 amide bonds. The molecule has 1 rings (SSSR count). The largest absolute Gasteiger partial charge is 0.457 e. The molecule has 0 heterocycles. The van der Waals surface area contributed by atoms with Crippen LogP contribution in [0.5, 0.6) is 0 Å². The quantitative estimate of drug-likeness (QED) is 0.551. The van der Waals surface area contributed by atoms with Gasteiger partial charge in [-0.1, -0.05) is 43.7 Å². The van der Waals surface area contributed by atoms with E-state index in [1.807, 2.05) is 6.92 Å².